The Balaban J connectivity index is 1.85. The number of methoxy groups -OCH3 is 1. The van der Waals surface area contributed by atoms with Gasteiger partial charge in [-0.1, -0.05) is 58.0 Å². The van der Waals surface area contributed by atoms with E-state index < -0.39 is 0 Å². The number of hydrogen-bond acceptors (Lipinski definition) is 4. The van der Waals surface area contributed by atoms with Gasteiger partial charge in [0.1, 0.15) is 0 Å². The van der Waals surface area contributed by atoms with Crippen molar-refractivity contribution in [3.63, 3.8) is 0 Å². The van der Waals surface area contributed by atoms with Crippen molar-refractivity contribution in [2.24, 2.45) is 17.8 Å². The zero-order valence-electron chi connectivity index (χ0n) is 21.0. The van der Waals surface area contributed by atoms with Gasteiger partial charge in [-0.25, -0.2) is 0 Å². The molecule has 1 aliphatic rings. The molecular weight excluding hydrogens is 412 g/mol. The number of ether oxygens (including phenoxy) is 1. The predicted octanol–water partition coefficient (Wildman–Crippen LogP) is 5.07. The van der Waals surface area contributed by atoms with E-state index in [4.69, 9.17) is 4.74 Å². The lowest BCUT2D eigenvalue weighted by Crippen LogP contribution is -2.41. The van der Waals surface area contributed by atoms with Crippen LogP contribution in [-0.4, -0.2) is 54.1 Å². The van der Waals surface area contributed by atoms with Crippen molar-refractivity contribution in [2.75, 3.05) is 33.3 Å². The van der Waals surface area contributed by atoms with Crippen LogP contribution >= 0.6 is 0 Å². The van der Waals surface area contributed by atoms with Gasteiger partial charge < -0.3 is 14.7 Å². The molecule has 0 aliphatic carbocycles. The SMILES string of the molecule is COc1cc(CN2CC(CN(CC(C)C)C(=O)C(C)C)C(c3ccccc3C)C2)ccc1O. The fourth-order valence-corrected chi connectivity index (χ4v) is 5.05. The Morgan fingerprint density at radius 3 is 2.52 bits per heavy atom. The van der Waals surface area contributed by atoms with Gasteiger partial charge in [0.05, 0.1) is 7.11 Å². The fourth-order valence-electron chi connectivity index (χ4n) is 5.05. The van der Waals surface area contributed by atoms with Gasteiger partial charge in [0.2, 0.25) is 5.91 Å². The number of carbonyl (C=O) groups excluding carboxylic acids is 1. The molecule has 2 aromatic carbocycles. The van der Waals surface area contributed by atoms with Gasteiger partial charge >= 0.3 is 0 Å². The summed E-state index contributed by atoms with van der Waals surface area (Å²) in [5.74, 6) is 2.09. The third-order valence-electron chi connectivity index (χ3n) is 6.60. The van der Waals surface area contributed by atoms with Crippen LogP contribution < -0.4 is 4.74 Å². The number of hydrogen-bond donors (Lipinski definition) is 1. The maximum atomic E-state index is 13.0. The molecule has 5 heteroatoms. The first-order valence-corrected chi connectivity index (χ1v) is 12.1. The zero-order valence-corrected chi connectivity index (χ0v) is 21.0. The van der Waals surface area contributed by atoms with Crippen molar-refractivity contribution in [1.82, 2.24) is 9.80 Å². The number of benzene rings is 2. The first-order chi connectivity index (χ1) is 15.7. The van der Waals surface area contributed by atoms with Crippen LogP contribution in [0.15, 0.2) is 42.5 Å². The molecule has 1 saturated heterocycles. The van der Waals surface area contributed by atoms with Gasteiger partial charge in [0.15, 0.2) is 11.5 Å². The van der Waals surface area contributed by atoms with Gasteiger partial charge in [0, 0.05) is 44.6 Å². The molecule has 0 bridgehead atoms. The Kier molecular flexibility index (Phi) is 8.41. The van der Waals surface area contributed by atoms with Crippen molar-refractivity contribution >= 4 is 5.91 Å². The van der Waals surface area contributed by atoms with Crippen LogP contribution in [0.5, 0.6) is 11.5 Å². The number of aromatic hydroxyl groups is 1. The highest BCUT2D eigenvalue weighted by atomic mass is 16.5. The van der Waals surface area contributed by atoms with E-state index in [0.29, 0.717) is 23.5 Å². The van der Waals surface area contributed by atoms with Crippen molar-refractivity contribution < 1.29 is 14.6 Å². The van der Waals surface area contributed by atoms with Crippen LogP contribution in [-0.2, 0) is 11.3 Å². The van der Waals surface area contributed by atoms with Crippen LogP contribution in [0, 0.1) is 24.7 Å². The molecule has 1 fully saturated rings. The van der Waals surface area contributed by atoms with E-state index in [1.54, 1.807) is 13.2 Å². The number of nitrogens with zero attached hydrogens (tertiary/aromatic N) is 2. The topological polar surface area (TPSA) is 53.0 Å². The summed E-state index contributed by atoms with van der Waals surface area (Å²) in [5.41, 5.74) is 3.81. The average molecular weight is 453 g/mol. The average Bonchev–Trinajstić information content (AvgIpc) is 3.15. The summed E-state index contributed by atoms with van der Waals surface area (Å²) in [6.45, 7) is 14.8. The van der Waals surface area contributed by atoms with Crippen LogP contribution in [0.2, 0.25) is 0 Å². The Morgan fingerprint density at radius 1 is 1.15 bits per heavy atom. The maximum absolute atomic E-state index is 13.0. The van der Waals surface area contributed by atoms with Gasteiger partial charge in [0.25, 0.3) is 0 Å². The van der Waals surface area contributed by atoms with Gasteiger partial charge in [-0.15, -0.1) is 0 Å². The molecule has 0 radical (unpaired) electrons. The minimum absolute atomic E-state index is 0.00243. The Bertz CT molecular complexity index is 940. The lowest BCUT2D eigenvalue weighted by Gasteiger charge is -2.31. The normalized spacial score (nSPS) is 18.8. The van der Waals surface area contributed by atoms with Gasteiger partial charge in [-0.2, -0.15) is 0 Å². The number of carbonyl (C=O) groups is 1. The summed E-state index contributed by atoms with van der Waals surface area (Å²) in [6, 6.07) is 14.2. The van der Waals surface area contributed by atoms with Crippen molar-refractivity contribution in [2.45, 2.75) is 47.1 Å². The third-order valence-corrected chi connectivity index (χ3v) is 6.60. The summed E-state index contributed by atoms with van der Waals surface area (Å²) in [4.78, 5) is 17.6. The molecule has 2 unspecified atom stereocenters. The summed E-state index contributed by atoms with van der Waals surface area (Å²) in [7, 11) is 1.58. The molecule has 0 saturated carbocycles. The second kappa shape index (κ2) is 11.1. The highest BCUT2D eigenvalue weighted by molar-refractivity contribution is 5.78. The zero-order chi connectivity index (χ0) is 24.1. The molecule has 0 spiro atoms. The quantitative estimate of drug-likeness (QED) is 0.577. The standard InChI is InChI=1S/C28H40N2O3/c1-19(2)14-30(28(32)20(3)4)17-23-16-29(15-22-11-12-26(31)27(13-22)33-6)18-25(23)24-10-8-7-9-21(24)5/h7-13,19-20,23,25,31H,14-18H2,1-6H3. The highest BCUT2D eigenvalue weighted by Gasteiger charge is 2.36. The first-order valence-electron chi connectivity index (χ1n) is 12.1. The second-order valence-corrected chi connectivity index (χ2v) is 10.2. The van der Waals surface area contributed by atoms with Crippen molar-refractivity contribution in [3.8, 4) is 11.5 Å². The molecular formula is C28H40N2O3. The molecule has 5 nitrogen and oxygen atoms in total. The molecule has 2 aromatic rings. The molecule has 3 rings (SSSR count). The molecule has 1 aliphatic heterocycles. The largest absolute Gasteiger partial charge is 0.504 e. The molecule has 33 heavy (non-hydrogen) atoms. The summed E-state index contributed by atoms with van der Waals surface area (Å²) >= 11 is 0. The van der Waals surface area contributed by atoms with E-state index in [0.717, 1.165) is 38.3 Å². The van der Waals surface area contributed by atoms with E-state index in [2.05, 4.69) is 54.8 Å². The fraction of sp³-hybridized carbons (Fsp3) is 0.536. The van der Waals surface area contributed by atoms with E-state index in [-0.39, 0.29) is 17.6 Å². The number of likely N-dealkylation sites (tertiary alicyclic amines) is 1. The Morgan fingerprint density at radius 2 is 1.88 bits per heavy atom. The van der Waals surface area contributed by atoms with Crippen molar-refractivity contribution in [3.05, 3.63) is 59.2 Å². The monoisotopic (exact) mass is 452 g/mol. The van der Waals surface area contributed by atoms with E-state index in [1.165, 1.54) is 11.1 Å². The molecule has 1 amide bonds. The second-order valence-electron chi connectivity index (χ2n) is 10.2. The minimum atomic E-state index is 0.00243. The number of phenolic OH excluding ortho intramolecular Hbond substituents is 1. The van der Waals surface area contributed by atoms with E-state index in [9.17, 15) is 9.90 Å². The predicted molar refractivity (Wildman–Crippen MR) is 134 cm³/mol. The summed E-state index contributed by atoms with van der Waals surface area (Å²) < 4.78 is 5.30. The highest BCUT2D eigenvalue weighted by Crippen LogP contribution is 2.36. The van der Waals surface area contributed by atoms with Gasteiger partial charge in [-0.3, -0.25) is 9.69 Å². The van der Waals surface area contributed by atoms with Crippen molar-refractivity contribution in [1.29, 1.82) is 0 Å². The minimum Gasteiger partial charge on any atom is -0.504 e. The lowest BCUT2D eigenvalue weighted by atomic mass is 9.86. The molecule has 0 aromatic heterocycles. The van der Waals surface area contributed by atoms with Crippen LogP contribution in [0.4, 0.5) is 0 Å². The number of rotatable bonds is 9. The van der Waals surface area contributed by atoms with Crippen LogP contribution in [0.1, 0.15) is 50.3 Å². The van der Waals surface area contributed by atoms with Crippen LogP contribution in [0.3, 0.4) is 0 Å². The van der Waals surface area contributed by atoms with Gasteiger partial charge in [-0.05, 0) is 47.6 Å². The lowest BCUT2D eigenvalue weighted by molar-refractivity contribution is -0.135. The van der Waals surface area contributed by atoms with Crippen LogP contribution in [0.25, 0.3) is 0 Å². The van der Waals surface area contributed by atoms with E-state index in [1.807, 2.05) is 26.0 Å². The number of aryl methyl sites for hydroxylation is 1. The first kappa shape index (κ1) is 25.1. The maximum Gasteiger partial charge on any atom is 0.225 e. The smallest absolute Gasteiger partial charge is 0.225 e. The Hall–Kier alpha value is -2.53. The number of phenols is 1. The number of amides is 1. The molecule has 1 N–H and O–H groups in total. The molecule has 180 valence electrons. The summed E-state index contributed by atoms with van der Waals surface area (Å²) in [6.07, 6.45) is 0. The van der Waals surface area contributed by atoms with E-state index >= 15 is 0 Å². The third kappa shape index (κ3) is 6.29. The Labute approximate surface area is 199 Å². The molecule has 1 heterocycles. The summed E-state index contributed by atoms with van der Waals surface area (Å²) in [5, 5.41) is 9.95. The molecule has 2 atom stereocenters.